The van der Waals surface area contributed by atoms with Gasteiger partial charge in [0, 0.05) is 11.6 Å². The largest absolute Gasteiger partial charge is 0.493 e. The standard InChI is InChI=1S/C13H16O3S/c1-17-10-4-9-16-12-6-3-2-5-11(12)7-8-13(14)15/h2-3,5-8H,4,9-10H2,1H3,(H,14,15)/b8-7+. The van der Waals surface area contributed by atoms with Crippen molar-refractivity contribution < 1.29 is 14.6 Å². The van der Waals surface area contributed by atoms with Crippen LogP contribution in [0.15, 0.2) is 30.3 Å². The molecule has 4 heteroatoms. The SMILES string of the molecule is CSCCCOc1ccccc1/C=C/C(=O)O. The van der Waals surface area contributed by atoms with Gasteiger partial charge in [-0.05, 0) is 30.6 Å². The lowest BCUT2D eigenvalue weighted by atomic mass is 10.2. The molecule has 0 saturated heterocycles. The van der Waals surface area contributed by atoms with Crippen molar-refractivity contribution >= 4 is 23.8 Å². The molecule has 92 valence electrons. The number of para-hydroxylation sites is 1. The van der Waals surface area contributed by atoms with Gasteiger partial charge in [0.25, 0.3) is 0 Å². The normalized spacial score (nSPS) is 10.6. The van der Waals surface area contributed by atoms with E-state index in [9.17, 15) is 4.79 Å². The fourth-order valence-electron chi connectivity index (χ4n) is 1.30. The maximum atomic E-state index is 10.5. The summed E-state index contributed by atoms with van der Waals surface area (Å²) in [7, 11) is 0. The number of hydrogen-bond acceptors (Lipinski definition) is 3. The van der Waals surface area contributed by atoms with Crippen molar-refractivity contribution in [2.45, 2.75) is 6.42 Å². The Morgan fingerprint density at radius 2 is 2.24 bits per heavy atom. The number of benzene rings is 1. The van der Waals surface area contributed by atoms with Crippen molar-refractivity contribution in [1.82, 2.24) is 0 Å². The number of ether oxygens (including phenoxy) is 1. The van der Waals surface area contributed by atoms with Gasteiger partial charge < -0.3 is 9.84 Å². The Morgan fingerprint density at radius 3 is 2.94 bits per heavy atom. The first-order valence-electron chi connectivity index (χ1n) is 5.36. The van der Waals surface area contributed by atoms with Gasteiger partial charge in [0.15, 0.2) is 0 Å². The molecule has 0 aliphatic heterocycles. The molecule has 0 spiro atoms. The lowest BCUT2D eigenvalue weighted by molar-refractivity contribution is -0.131. The monoisotopic (exact) mass is 252 g/mol. The lowest BCUT2D eigenvalue weighted by Crippen LogP contribution is -1.99. The summed E-state index contributed by atoms with van der Waals surface area (Å²) in [6.07, 6.45) is 5.71. The molecule has 0 saturated carbocycles. The highest BCUT2D eigenvalue weighted by Gasteiger charge is 2.00. The Morgan fingerprint density at radius 1 is 1.47 bits per heavy atom. The molecular formula is C13H16O3S. The molecule has 0 aliphatic rings. The van der Waals surface area contributed by atoms with Gasteiger partial charge in [-0.3, -0.25) is 0 Å². The molecule has 1 N–H and O–H groups in total. The summed E-state index contributed by atoms with van der Waals surface area (Å²) in [5, 5.41) is 8.58. The van der Waals surface area contributed by atoms with Crippen LogP contribution in [0, 0.1) is 0 Å². The third-order valence-electron chi connectivity index (χ3n) is 2.07. The van der Waals surface area contributed by atoms with Gasteiger partial charge in [-0.25, -0.2) is 4.79 Å². The van der Waals surface area contributed by atoms with Crippen molar-refractivity contribution in [3.8, 4) is 5.75 Å². The summed E-state index contributed by atoms with van der Waals surface area (Å²) in [5.41, 5.74) is 0.791. The second-order valence-electron chi connectivity index (χ2n) is 3.40. The quantitative estimate of drug-likeness (QED) is 0.598. The Bertz CT molecular complexity index is 388. The van der Waals surface area contributed by atoms with Crippen LogP contribution in [-0.4, -0.2) is 29.7 Å². The zero-order valence-corrected chi connectivity index (χ0v) is 10.6. The summed E-state index contributed by atoms with van der Waals surface area (Å²) < 4.78 is 5.61. The second-order valence-corrected chi connectivity index (χ2v) is 4.39. The molecule has 0 unspecified atom stereocenters. The van der Waals surface area contributed by atoms with E-state index in [1.165, 1.54) is 0 Å². The van der Waals surface area contributed by atoms with E-state index in [4.69, 9.17) is 9.84 Å². The number of carboxylic acid groups (broad SMARTS) is 1. The lowest BCUT2D eigenvalue weighted by Gasteiger charge is -2.08. The Kier molecular flexibility index (Phi) is 6.25. The van der Waals surface area contributed by atoms with Crippen molar-refractivity contribution in [1.29, 1.82) is 0 Å². The summed E-state index contributed by atoms with van der Waals surface area (Å²) in [6.45, 7) is 0.652. The molecule has 0 atom stereocenters. The van der Waals surface area contributed by atoms with Gasteiger partial charge in [-0.15, -0.1) is 0 Å². The van der Waals surface area contributed by atoms with Crippen LogP contribution in [0.1, 0.15) is 12.0 Å². The van der Waals surface area contributed by atoms with Crippen LogP contribution >= 0.6 is 11.8 Å². The highest BCUT2D eigenvalue weighted by atomic mass is 32.2. The summed E-state index contributed by atoms with van der Waals surface area (Å²) in [4.78, 5) is 10.5. The number of hydrogen-bond donors (Lipinski definition) is 1. The number of thioether (sulfide) groups is 1. The second kappa shape index (κ2) is 7.79. The van der Waals surface area contributed by atoms with Crippen molar-refractivity contribution in [3.05, 3.63) is 35.9 Å². The molecule has 0 radical (unpaired) electrons. The number of carbonyl (C=O) groups is 1. The predicted octanol–water partition coefficient (Wildman–Crippen LogP) is 2.92. The fourth-order valence-corrected chi connectivity index (χ4v) is 1.70. The zero-order chi connectivity index (χ0) is 12.5. The van der Waals surface area contributed by atoms with E-state index in [1.54, 1.807) is 17.8 Å². The van der Waals surface area contributed by atoms with Crippen LogP contribution in [-0.2, 0) is 4.79 Å². The summed E-state index contributed by atoms with van der Waals surface area (Å²) in [5.74, 6) is 0.834. The minimum Gasteiger partial charge on any atom is -0.493 e. The highest BCUT2D eigenvalue weighted by Crippen LogP contribution is 2.19. The van der Waals surface area contributed by atoms with Crippen molar-refractivity contribution in [2.75, 3.05) is 18.6 Å². The number of aliphatic carboxylic acids is 1. The van der Waals surface area contributed by atoms with Gasteiger partial charge >= 0.3 is 5.97 Å². The molecule has 1 aromatic carbocycles. The first-order valence-corrected chi connectivity index (χ1v) is 6.75. The van der Waals surface area contributed by atoms with Gasteiger partial charge in [-0.1, -0.05) is 18.2 Å². The molecule has 17 heavy (non-hydrogen) atoms. The number of rotatable bonds is 7. The Labute approximate surface area is 105 Å². The molecule has 0 bridgehead atoms. The van der Waals surface area contributed by atoms with Crippen LogP contribution in [0.25, 0.3) is 6.08 Å². The average molecular weight is 252 g/mol. The summed E-state index contributed by atoms with van der Waals surface area (Å²) in [6, 6.07) is 7.42. The van der Waals surface area contributed by atoms with E-state index in [1.807, 2.05) is 24.3 Å². The third kappa shape index (κ3) is 5.45. The Hall–Kier alpha value is -1.42. The van der Waals surface area contributed by atoms with Crippen LogP contribution in [0.3, 0.4) is 0 Å². The zero-order valence-electron chi connectivity index (χ0n) is 9.76. The molecule has 0 heterocycles. The van der Waals surface area contributed by atoms with Crippen molar-refractivity contribution in [3.63, 3.8) is 0 Å². The topological polar surface area (TPSA) is 46.5 Å². The maximum Gasteiger partial charge on any atom is 0.328 e. The van der Waals surface area contributed by atoms with Gasteiger partial charge in [0.05, 0.1) is 6.61 Å². The summed E-state index contributed by atoms with van der Waals surface area (Å²) >= 11 is 1.78. The smallest absolute Gasteiger partial charge is 0.328 e. The fraction of sp³-hybridized carbons (Fsp3) is 0.308. The predicted molar refractivity (Wildman–Crippen MR) is 71.6 cm³/mol. The van der Waals surface area contributed by atoms with E-state index in [-0.39, 0.29) is 0 Å². The van der Waals surface area contributed by atoms with E-state index >= 15 is 0 Å². The van der Waals surface area contributed by atoms with Crippen LogP contribution in [0.4, 0.5) is 0 Å². The van der Waals surface area contributed by atoms with E-state index in [2.05, 4.69) is 6.26 Å². The Balaban J connectivity index is 2.61. The average Bonchev–Trinajstić information content (AvgIpc) is 2.33. The molecular weight excluding hydrogens is 236 g/mol. The maximum absolute atomic E-state index is 10.5. The third-order valence-corrected chi connectivity index (χ3v) is 2.77. The van der Waals surface area contributed by atoms with Crippen LogP contribution in [0.5, 0.6) is 5.75 Å². The van der Waals surface area contributed by atoms with Crippen LogP contribution in [0.2, 0.25) is 0 Å². The first-order chi connectivity index (χ1) is 8.24. The molecule has 0 aromatic heterocycles. The molecule has 1 aromatic rings. The molecule has 0 fully saturated rings. The first kappa shape index (κ1) is 13.6. The highest BCUT2D eigenvalue weighted by molar-refractivity contribution is 7.98. The van der Waals surface area contributed by atoms with Crippen molar-refractivity contribution in [2.24, 2.45) is 0 Å². The van der Waals surface area contributed by atoms with Gasteiger partial charge in [0.1, 0.15) is 5.75 Å². The van der Waals surface area contributed by atoms with Gasteiger partial charge in [0.2, 0.25) is 0 Å². The van der Waals surface area contributed by atoms with E-state index in [0.29, 0.717) is 6.61 Å². The molecule has 1 rings (SSSR count). The molecule has 3 nitrogen and oxygen atoms in total. The number of carboxylic acids is 1. The molecule has 0 aliphatic carbocycles. The van der Waals surface area contributed by atoms with Crippen LogP contribution < -0.4 is 4.74 Å². The molecule has 0 amide bonds. The van der Waals surface area contributed by atoms with E-state index < -0.39 is 5.97 Å². The van der Waals surface area contributed by atoms with Gasteiger partial charge in [-0.2, -0.15) is 11.8 Å². The minimum absolute atomic E-state index is 0.652. The minimum atomic E-state index is -0.956. The van der Waals surface area contributed by atoms with E-state index in [0.717, 1.165) is 29.6 Å².